The fourth-order valence-electron chi connectivity index (χ4n) is 4.44. The second-order valence-electron chi connectivity index (χ2n) is 8.13. The third-order valence-corrected chi connectivity index (χ3v) is 6.98. The highest BCUT2D eigenvalue weighted by molar-refractivity contribution is 7.12. The van der Waals surface area contributed by atoms with Gasteiger partial charge in [0.25, 0.3) is 11.5 Å². The fraction of sp³-hybridized carbons (Fsp3) is 0.250. The van der Waals surface area contributed by atoms with Crippen LogP contribution >= 0.6 is 11.3 Å². The molecule has 5 rings (SSSR count). The van der Waals surface area contributed by atoms with Gasteiger partial charge in [0, 0.05) is 31.6 Å². The standard InChI is InChI=1S/C26H21FN4O2S.C2H6.H3N/c27-19-9-7-18(8-10-19)17-31-22-5-2-1-4-20(22)24(21(16-28)25(31)32)29-11-13-30(14-12-29)26(33)23-6-3-15-34-23;1-2;/h1-10,15H,11-14,17H2;1-2H3;1H3. The summed E-state index contributed by atoms with van der Waals surface area (Å²) in [6, 6.07) is 19.3. The lowest BCUT2D eigenvalue weighted by atomic mass is 10.1. The van der Waals surface area contributed by atoms with Crippen molar-refractivity contribution < 1.29 is 9.18 Å². The van der Waals surface area contributed by atoms with Crippen LogP contribution in [0.4, 0.5) is 10.1 Å². The SMILES string of the molecule is CC.N.N#Cc1c(N2CCN(C(=O)c3cccs3)CC2)c2ccccc2n(Cc2ccc(F)cc2)c1=O. The Kier molecular flexibility index (Phi) is 9.17. The molecule has 1 amide bonds. The predicted molar refractivity (Wildman–Crippen MR) is 147 cm³/mol. The molecule has 1 aliphatic rings. The summed E-state index contributed by atoms with van der Waals surface area (Å²) in [6.45, 7) is 6.30. The summed E-state index contributed by atoms with van der Waals surface area (Å²) in [5, 5.41) is 12.7. The number of carbonyl (C=O) groups excluding carboxylic acids is 1. The van der Waals surface area contributed by atoms with E-state index in [1.54, 1.807) is 16.7 Å². The smallest absolute Gasteiger partial charge is 0.271 e. The number of fused-ring (bicyclic) bond motifs is 1. The number of piperazine rings is 1. The van der Waals surface area contributed by atoms with Gasteiger partial charge < -0.3 is 20.5 Å². The number of rotatable bonds is 4. The molecule has 3 heterocycles. The molecular formula is C28H30FN5O2S. The first-order valence-electron chi connectivity index (χ1n) is 11.9. The number of thiophene rings is 1. The van der Waals surface area contributed by atoms with Crippen molar-refractivity contribution in [1.29, 1.82) is 5.26 Å². The zero-order chi connectivity index (χ0) is 25.7. The van der Waals surface area contributed by atoms with E-state index >= 15 is 0 Å². The van der Waals surface area contributed by atoms with Gasteiger partial charge in [0.15, 0.2) is 0 Å². The van der Waals surface area contributed by atoms with Crippen molar-refractivity contribution >= 4 is 33.8 Å². The Morgan fingerprint density at radius 1 is 1.00 bits per heavy atom. The summed E-state index contributed by atoms with van der Waals surface area (Å²) in [5.41, 5.74) is 1.80. The maximum atomic E-state index is 13.5. The molecule has 1 fully saturated rings. The molecule has 7 nitrogen and oxygen atoms in total. The Morgan fingerprint density at radius 2 is 1.68 bits per heavy atom. The fourth-order valence-corrected chi connectivity index (χ4v) is 5.13. The number of nitrogens with zero attached hydrogens (tertiary/aromatic N) is 4. The molecule has 192 valence electrons. The molecule has 1 saturated heterocycles. The van der Waals surface area contributed by atoms with E-state index in [9.17, 15) is 19.2 Å². The highest BCUT2D eigenvalue weighted by atomic mass is 32.1. The van der Waals surface area contributed by atoms with Crippen LogP contribution in [0.25, 0.3) is 10.9 Å². The highest BCUT2D eigenvalue weighted by Gasteiger charge is 2.27. The summed E-state index contributed by atoms with van der Waals surface area (Å²) in [7, 11) is 0. The van der Waals surface area contributed by atoms with E-state index in [4.69, 9.17) is 0 Å². The van der Waals surface area contributed by atoms with Gasteiger partial charge in [-0.15, -0.1) is 11.3 Å². The van der Waals surface area contributed by atoms with Crippen molar-refractivity contribution in [3.63, 3.8) is 0 Å². The minimum Gasteiger partial charge on any atom is -0.366 e. The molecule has 0 unspecified atom stereocenters. The quantitative estimate of drug-likeness (QED) is 0.395. The summed E-state index contributed by atoms with van der Waals surface area (Å²) < 4.78 is 14.9. The molecule has 0 bridgehead atoms. The average Bonchev–Trinajstić information content (AvgIpc) is 3.47. The second kappa shape index (κ2) is 12.3. The van der Waals surface area contributed by atoms with Gasteiger partial charge in [-0.25, -0.2) is 4.39 Å². The van der Waals surface area contributed by atoms with Crippen molar-refractivity contribution in [2.24, 2.45) is 0 Å². The minimum absolute atomic E-state index is 0. The van der Waals surface area contributed by atoms with E-state index in [0.29, 0.717) is 42.3 Å². The third-order valence-electron chi connectivity index (χ3n) is 6.13. The molecule has 0 saturated carbocycles. The maximum absolute atomic E-state index is 13.5. The van der Waals surface area contributed by atoms with Gasteiger partial charge in [-0.05, 0) is 35.2 Å². The molecule has 0 atom stereocenters. The lowest BCUT2D eigenvalue weighted by Gasteiger charge is -2.37. The molecule has 4 aromatic rings. The highest BCUT2D eigenvalue weighted by Crippen LogP contribution is 2.30. The molecule has 1 aliphatic heterocycles. The van der Waals surface area contributed by atoms with E-state index in [-0.39, 0.29) is 35.5 Å². The summed E-state index contributed by atoms with van der Waals surface area (Å²) in [5.74, 6) is -0.333. The second-order valence-corrected chi connectivity index (χ2v) is 9.07. The lowest BCUT2D eigenvalue weighted by molar-refractivity contribution is 0.0751. The van der Waals surface area contributed by atoms with Crippen LogP contribution < -0.4 is 16.6 Å². The normalized spacial score (nSPS) is 12.8. The molecule has 0 spiro atoms. The average molecular weight is 520 g/mol. The number of halogens is 1. The van der Waals surface area contributed by atoms with Gasteiger partial charge >= 0.3 is 0 Å². The lowest BCUT2D eigenvalue weighted by Crippen LogP contribution is -2.49. The van der Waals surface area contributed by atoms with Crippen LogP contribution in [0.2, 0.25) is 0 Å². The molecule has 37 heavy (non-hydrogen) atoms. The molecule has 2 aromatic carbocycles. The molecule has 0 radical (unpaired) electrons. The minimum atomic E-state index is -0.377. The van der Waals surface area contributed by atoms with Gasteiger partial charge in [-0.1, -0.05) is 50.2 Å². The maximum Gasteiger partial charge on any atom is 0.271 e. The zero-order valence-electron chi connectivity index (χ0n) is 21.0. The van der Waals surface area contributed by atoms with Crippen LogP contribution in [0, 0.1) is 17.1 Å². The number of para-hydroxylation sites is 1. The number of carbonyl (C=O) groups is 1. The Hall–Kier alpha value is -4.00. The molecule has 0 aliphatic carbocycles. The van der Waals surface area contributed by atoms with E-state index in [0.717, 1.165) is 10.9 Å². The van der Waals surface area contributed by atoms with Gasteiger partial charge in [-0.3, -0.25) is 9.59 Å². The third kappa shape index (κ3) is 5.56. The Labute approximate surface area is 219 Å². The summed E-state index contributed by atoms with van der Waals surface area (Å²) in [4.78, 5) is 30.7. The number of amides is 1. The van der Waals surface area contributed by atoms with Crippen molar-refractivity contribution in [1.82, 2.24) is 15.6 Å². The van der Waals surface area contributed by atoms with E-state index < -0.39 is 0 Å². The van der Waals surface area contributed by atoms with Gasteiger partial charge in [-0.2, -0.15) is 5.26 Å². The Morgan fingerprint density at radius 3 is 2.30 bits per heavy atom. The number of hydrogen-bond acceptors (Lipinski definition) is 6. The number of nitriles is 1. The van der Waals surface area contributed by atoms with Gasteiger partial charge in [0.05, 0.1) is 22.6 Å². The summed E-state index contributed by atoms with van der Waals surface area (Å²) >= 11 is 1.42. The first-order chi connectivity index (χ1) is 17.6. The topological polar surface area (TPSA) is 104 Å². The number of benzene rings is 2. The van der Waals surface area contributed by atoms with Gasteiger partial charge in [0.1, 0.15) is 17.4 Å². The number of anilines is 1. The number of hydrogen-bond donors (Lipinski definition) is 1. The van der Waals surface area contributed by atoms with Crippen LogP contribution in [0.15, 0.2) is 70.8 Å². The first kappa shape index (κ1) is 27.6. The number of aromatic nitrogens is 1. The van der Waals surface area contributed by atoms with E-state index in [2.05, 4.69) is 6.07 Å². The first-order valence-corrected chi connectivity index (χ1v) is 12.8. The largest absolute Gasteiger partial charge is 0.366 e. The summed E-state index contributed by atoms with van der Waals surface area (Å²) in [6.07, 6.45) is 0. The van der Waals surface area contributed by atoms with Crippen LogP contribution in [-0.4, -0.2) is 41.6 Å². The molecule has 2 aromatic heterocycles. The van der Waals surface area contributed by atoms with Crippen LogP contribution in [0.3, 0.4) is 0 Å². The van der Waals surface area contributed by atoms with Crippen molar-refractivity contribution in [3.05, 3.63) is 98.2 Å². The molecule has 3 N–H and O–H groups in total. The van der Waals surface area contributed by atoms with Gasteiger partial charge in [0.2, 0.25) is 0 Å². The van der Waals surface area contributed by atoms with Crippen LogP contribution in [0.5, 0.6) is 0 Å². The Balaban J connectivity index is 0.00000124. The van der Waals surface area contributed by atoms with Crippen molar-refractivity contribution in [3.8, 4) is 6.07 Å². The predicted octanol–water partition coefficient (Wildman–Crippen LogP) is 5.27. The zero-order valence-corrected chi connectivity index (χ0v) is 21.8. The Bertz CT molecular complexity index is 1450. The molecule has 9 heteroatoms. The monoisotopic (exact) mass is 519 g/mol. The van der Waals surface area contributed by atoms with Crippen LogP contribution in [0.1, 0.15) is 34.6 Å². The van der Waals surface area contributed by atoms with Crippen LogP contribution in [-0.2, 0) is 6.54 Å². The van der Waals surface area contributed by atoms with E-state index in [1.807, 2.05) is 65.4 Å². The number of pyridine rings is 1. The van der Waals surface area contributed by atoms with Crippen molar-refractivity contribution in [2.45, 2.75) is 20.4 Å². The van der Waals surface area contributed by atoms with E-state index in [1.165, 1.54) is 23.5 Å². The van der Waals surface area contributed by atoms with Crippen molar-refractivity contribution in [2.75, 3.05) is 31.1 Å². The molecular weight excluding hydrogens is 489 g/mol.